The smallest absolute Gasteiger partial charge is 0.223 e. The highest BCUT2D eigenvalue weighted by Gasteiger charge is 2.36. The zero-order chi connectivity index (χ0) is 12.4. The lowest BCUT2D eigenvalue weighted by molar-refractivity contribution is -0.137. The molecule has 0 spiro atoms. The Balaban J connectivity index is 2.28. The van der Waals surface area contributed by atoms with E-state index in [0.29, 0.717) is 10.8 Å². The summed E-state index contributed by atoms with van der Waals surface area (Å²) in [5, 5.41) is 0.851. The number of piperidine rings is 1. The second-order valence-electron chi connectivity index (χ2n) is 4.24. The molecule has 1 amide bonds. The van der Waals surface area contributed by atoms with Crippen molar-refractivity contribution >= 4 is 28.8 Å². The third kappa shape index (κ3) is 2.61. The van der Waals surface area contributed by atoms with Crippen molar-refractivity contribution < 1.29 is 4.79 Å². The number of rotatable bonds is 3. The number of nitrogens with zero attached hydrogens (tertiary/aromatic N) is 2. The molecule has 1 fully saturated rings. The van der Waals surface area contributed by atoms with Crippen LogP contribution >= 0.6 is 22.9 Å². The summed E-state index contributed by atoms with van der Waals surface area (Å²) >= 11 is 7.31. The van der Waals surface area contributed by atoms with Crippen LogP contribution in [0.3, 0.4) is 0 Å². The van der Waals surface area contributed by atoms with Gasteiger partial charge in [0, 0.05) is 19.0 Å². The fraction of sp³-hybridized carbons (Fsp3) is 0.636. The summed E-state index contributed by atoms with van der Waals surface area (Å²) in [5.74, 6) is 0.171. The van der Waals surface area contributed by atoms with E-state index in [2.05, 4.69) is 11.9 Å². The Morgan fingerprint density at radius 1 is 1.71 bits per heavy atom. The van der Waals surface area contributed by atoms with Gasteiger partial charge in [-0.05, 0) is 12.8 Å². The quantitative estimate of drug-likeness (QED) is 0.918. The van der Waals surface area contributed by atoms with Gasteiger partial charge >= 0.3 is 0 Å². The molecular weight excluding hydrogens is 258 g/mol. The van der Waals surface area contributed by atoms with Crippen LogP contribution in [-0.2, 0) is 4.79 Å². The van der Waals surface area contributed by atoms with Crippen LogP contribution in [0.15, 0.2) is 6.20 Å². The lowest BCUT2D eigenvalue weighted by Gasteiger charge is -2.38. The number of likely N-dealkylation sites (tertiary alicyclic amines) is 1. The van der Waals surface area contributed by atoms with E-state index >= 15 is 0 Å². The summed E-state index contributed by atoms with van der Waals surface area (Å²) in [6.45, 7) is 2.79. The van der Waals surface area contributed by atoms with Crippen LogP contribution in [0.2, 0.25) is 4.34 Å². The van der Waals surface area contributed by atoms with Gasteiger partial charge in [-0.2, -0.15) is 0 Å². The molecule has 17 heavy (non-hydrogen) atoms. The number of halogens is 1. The largest absolute Gasteiger partial charge is 0.332 e. The predicted octanol–water partition coefficient (Wildman–Crippen LogP) is 2.20. The molecule has 1 aromatic heterocycles. The standard InChI is InChI=1S/C11H16ClN3OS/c1-2-5-15-9(16)4-3-7(13)10(15)11-14-6-8(12)17-11/h6-7,10H,2-5,13H2,1H3. The summed E-state index contributed by atoms with van der Waals surface area (Å²) in [6.07, 6.45) is 3.81. The van der Waals surface area contributed by atoms with Crippen molar-refractivity contribution in [1.82, 2.24) is 9.88 Å². The number of carbonyl (C=O) groups excluding carboxylic acids is 1. The van der Waals surface area contributed by atoms with Crippen molar-refractivity contribution in [1.29, 1.82) is 0 Å². The highest BCUT2D eigenvalue weighted by Crippen LogP contribution is 2.34. The molecule has 2 heterocycles. The molecule has 1 aliphatic rings. The maximum Gasteiger partial charge on any atom is 0.223 e. The van der Waals surface area contributed by atoms with E-state index in [-0.39, 0.29) is 18.0 Å². The molecule has 4 nitrogen and oxygen atoms in total. The van der Waals surface area contributed by atoms with Gasteiger partial charge in [0.15, 0.2) is 0 Å². The maximum absolute atomic E-state index is 11.9. The van der Waals surface area contributed by atoms with Crippen LogP contribution in [0.25, 0.3) is 0 Å². The third-order valence-electron chi connectivity index (χ3n) is 2.97. The molecule has 1 saturated heterocycles. The van der Waals surface area contributed by atoms with Gasteiger partial charge in [-0.15, -0.1) is 11.3 Å². The minimum Gasteiger partial charge on any atom is -0.332 e. The van der Waals surface area contributed by atoms with E-state index in [1.165, 1.54) is 11.3 Å². The van der Waals surface area contributed by atoms with Crippen LogP contribution in [-0.4, -0.2) is 28.4 Å². The first-order chi connectivity index (χ1) is 8.13. The van der Waals surface area contributed by atoms with Crippen LogP contribution < -0.4 is 5.73 Å². The van der Waals surface area contributed by atoms with E-state index in [4.69, 9.17) is 17.3 Å². The molecule has 0 radical (unpaired) electrons. The molecule has 2 N–H and O–H groups in total. The summed E-state index contributed by atoms with van der Waals surface area (Å²) in [6, 6.07) is -0.143. The zero-order valence-corrected chi connectivity index (χ0v) is 11.3. The third-order valence-corrected chi connectivity index (χ3v) is 4.15. The molecule has 2 unspecified atom stereocenters. The summed E-state index contributed by atoms with van der Waals surface area (Å²) < 4.78 is 0.640. The Labute approximate surface area is 110 Å². The van der Waals surface area contributed by atoms with Crippen LogP contribution in [0.4, 0.5) is 0 Å². The topological polar surface area (TPSA) is 59.2 Å². The van der Waals surface area contributed by atoms with Crippen molar-refractivity contribution in [2.45, 2.75) is 38.3 Å². The van der Waals surface area contributed by atoms with E-state index in [1.54, 1.807) is 6.20 Å². The molecule has 0 aromatic carbocycles. The van der Waals surface area contributed by atoms with Crippen molar-refractivity contribution in [2.24, 2.45) is 5.73 Å². The maximum atomic E-state index is 11.9. The van der Waals surface area contributed by atoms with Crippen molar-refractivity contribution in [3.63, 3.8) is 0 Å². The van der Waals surface area contributed by atoms with E-state index < -0.39 is 0 Å². The van der Waals surface area contributed by atoms with Gasteiger partial charge in [0.2, 0.25) is 5.91 Å². The minimum absolute atomic E-state index is 0.0403. The van der Waals surface area contributed by atoms with E-state index in [0.717, 1.165) is 24.4 Å². The first kappa shape index (κ1) is 12.8. The molecule has 1 aromatic rings. The predicted molar refractivity (Wildman–Crippen MR) is 69.1 cm³/mol. The lowest BCUT2D eigenvalue weighted by Crippen LogP contribution is -2.49. The molecule has 1 aliphatic heterocycles. The van der Waals surface area contributed by atoms with Crippen LogP contribution in [0.5, 0.6) is 0 Å². The molecule has 6 heteroatoms. The van der Waals surface area contributed by atoms with Gasteiger partial charge < -0.3 is 10.6 Å². The first-order valence-electron chi connectivity index (χ1n) is 5.79. The molecule has 0 saturated carbocycles. The Morgan fingerprint density at radius 3 is 3.06 bits per heavy atom. The summed E-state index contributed by atoms with van der Waals surface area (Å²) in [5.41, 5.74) is 6.13. The Bertz CT molecular complexity index is 409. The number of hydrogen-bond donors (Lipinski definition) is 1. The number of thiazole rings is 1. The normalized spacial score (nSPS) is 25.4. The molecule has 2 atom stereocenters. The Morgan fingerprint density at radius 2 is 2.47 bits per heavy atom. The SMILES string of the molecule is CCCN1C(=O)CCC(N)C1c1ncc(Cl)s1. The lowest BCUT2D eigenvalue weighted by atomic mass is 9.96. The van der Waals surface area contributed by atoms with Gasteiger partial charge in [-0.3, -0.25) is 4.79 Å². The van der Waals surface area contributed by atoms with Crippen LogP contribution in [0.1, 0.15) is 37.2 Å². The summed E-state index contributed by atoms with van der Waals surface area (Å²) in [4.78, 5) is 18.1. The number of hydrogen-bond acceptors (Lipinski definition) is 4. The highest BCUT2D eigenvalue weighted by atomic mass is 35.5. The van der Waals surface area contributed by atoms with Gasteiger partial charge in [-0.25, -0.2) is 4.98 Å². The van der Waals surface area contributed by atoms with Crippen molar-refractivity contribution in [3.05, 3.63) is 15.5 Å². The fourth-order valence-electron chi connectivity index (χ4n) is 2.20. The number of amides is 1. The monoisotopic (exact) mass is 273 g/mol. The second kappa shape index (κ2) is 5.33. The molecule has 0 bridgehead atoms. The van der Waals surface area contributed by atoms with E-state index in [9.17, 15) is 4.79 Å². The fourth-order valence-corrected chi connectivity index (χ4v) is 3.32. The number of aromatic nitrogens is 1. The highest BCUT2D eigenvalue weighted by molar-refractivity contribution is 7.15. The molecule has 94 valence electrons. The minimum atomic E-state index is -0.103. The molecule has 2 rings (SSSR count). The van der Waals surface area contributed by atoms with Gasteiger partial charge in [-0.1, -0.05) is 18.5 Å². The second-order valence-corrected chi connectivity index (χ2v) is 5.93. The van der Waals surface area contributed by atoms with Gasteiger partial charge in [0.25, 0.3) is 0 Å². The summed E-state index contributed by atoms with van der Waals surface area (Å²) in [7, 11) is 0. The molecular formula is C11H16ClN3OS. The average Bonchev–Trinajstić information content (AvgIpc) is 2.70. The number of nitrogens with two attached hydrogens (primary N) is 1. The van der Waals surface area contributed by atoms with Crippen molar-refractivity contribution in [3.8, 4) is 0 Å². The average molecular weight is 274 g/mol. The zero-order valence-electron chi connectivity index (χ0n) is 9.73. The van der Waals surface area contributed by atoms with Crippen LogP contribution in [0, 0.1) is 0 Å². The Kier molecular flexibility index (Phi) is 4.01. The van der Waals surface area contributed by atoms with Crippen molar-refractivity contribution in [2.75, 3.05) is 6.54 Å². The van der Waals surface area contributed by atoms with Gasteiger partial charge in [0.1, 0.15) is 9.34 Å². The van der Waals surface area contributed by atoms with Gasteiger partial charge in [0.05, 0.1) is 12.2 Å². The number of carbonyl (C=O) groups is 1. The first-order valence-corrected chi connectivity index (χ1v) is 6.99. The van der Waals surface area contributed by atoms with E-state index in [1.807, 2.05) is 4.90 Å². The molecule has 0 aliphatic carbocycles. The Hall–Kier alpha value is -0.650.